The van der Waals surface area contributed by atoms with Gasteiger partial charge in [-0.2, -0.15) is 0 Å². The molecule has 0 spiro atoms. The Morgan fingerprint density at radius 2 is 1.96 bits per heavy atom. The van der Waals surface area contributed by atoms with Gasteiger partial charge in [0.2, 0.25) is 0 Å². The monoisotopic (exact) mass is 410 g/mol. The molecule has 8 heteroatoms. The van der Waals surface area contributed by atoms with E-state index in [-0.39, 0.29) is 5.91 Å². The fourth-order valence-corrected chi connectivity index (χ4v) is 3.71. The third kappa shape index (κ3) is 3.95. The topological polar surface area (TPSA) is 68.5 Å². The normalized spacial score (nSPS) is 10.8. The molecule has 2 aromatic heterocycles. The van der Waals surface area contributed by atoms with E-state index >= 15 is 0 Å². The first-order valence-corrected chi connectivity index (χ1v) is 9.54. The molecule has 6 nitrogen and oxygen atoms in total. The number of pyridine rings is 1. The summed E-state index contributed by atoms with van der Waals surface area (Å²) >= 11 is 7.96. The number of carbonyl (C=O) groups is 1. The molecule has 4 rings (SSSR count). The Hall–Kier alpha value is -3.03. The molecular weight excluding hydrogens is 396 g/mol. The van der Waals surface area contributed by atoms with Gasteiger partial charge in [0.05, 0.1) is 17.7 Å². The zero-order chi connectivity index (χ0) is 19.5. The van der Waals surface area contributed by atoms with Gasteiger partial charge in [0.25, 0.3) is 5.91 Å². The van der Waals surface area contributed by atoms with Crippen molar-refractivity contribution in [2.45, 2.75) is 9.79 Å². The van der Waals surface area contributed by atoms with E-state index in [0.29, 0.717) is 21.9 Å². The molecule has 0 aliphatic carbocycles. The van der Waals surface area contributed by atoms with Crippen molar-refractivity contribution in [1.82, 2.24) is 14.6 Å². The summed E-state index contributed by atoms with van der Waals surface area (Å²) in [4.78, 5) is 14.4. The number of nitrogens with one attached hydrogen (secondary N) is 1. The van der Waals surface area contributed by atoms with Crippen LogP contribution >= 0.6 is 23.4 Å². The number of benzene rings is 2. The molecule has 0 aliphatic rings. The Balaban J connectivity index is 1.48. The number of anilines is 1. The summed E-state index contributed by atoms with van der Waals surface area (Å²) in [7, 11) is 1.64. The summed E-state index contributed by atoms with van der Waals surface area (Å²) in [5.41, 5.74) is 1.80. The molecule has 0 bridgehead atoms. The third-order valence-electron chi connectivity index (χ3n) is 4.03. The van der Waals surface area contributed by atoms with Crippen LogP contribution in [0, 0.1) is 0 Å². The summed E-state index contributed by atoms with van der Waals surface area (Å²) in [6.07, 6.45) is 3.23. The predicted molar refractivity (Wildman–Crippen MR) is 110 cm³/mol. The van der Waals surface area contributed by atoms with Gasteiger partial charge in [0.1, 0.15) is 12.1 Å². The molecule has 28 heavy (non-hydrogen) atoms. The molecule has 0 radical (unpaired) electrons. The Bertz CT molecular complexity index is 1140. The van der Waals surface area contributed by atoms with E-state index in [2.05, 4.69) is 15.5 Å². The zero-order valence-corrected chi connectivity index (χ0v) is 16.4. The van der Waals surface area contributed by atoms with E-state index in [9.17, 15) is 4.79 Å². The number of hydrogen-bond acceptors (Lipinski definition) is 5. The molecule has 2 heterocycles. The molecule has 4 aromatic rings. The summed E-state index contributed by atoms with van der Waals surface area (Å²) < 4.78 is 6.86. The van der Waals surface area contributed by atoms with Crippen LogP contribution in [0.15, 0.2) is 76.9 Å². The zero-order valence-electron chi connectivity index (χ0n) is 14.8. The van der Waals surface area contributed by atoms with Crippen molar-refractivity contribution in [1.29, 1.82) is 0 Å². The van der Waals surface area contributed by atoms with Crippen molar-refractivity contribution in [3.05, 3.63) is 77.7 Å². The van der Waals surface area contributed by atoms with Gasteiger partial charge in [-0.1, -0.05) is 23.4 Å². The van der Waals surface area contributed by atoms with E-state index < -0.39 is 0 Å². The van der Waals surface area contributed by atoms with Crippen LogP contribution in [0.2, 0.25) is 5.02 Å². The summed E-state index contributed by atoms with van der Waals surface area (Å²) in [5.74, 6) is 0.570. The maximum absolute atomic E-state index is 12.5. The van der Waals surface area contributed by atoms with Gasteiger partial charge in [-0.05, 0) is 54.6 Å². The van der Waals surface area contributed by atoms with Crippen LogP contribution in [0.4, 0.5) is 5.69 Å². The number of methoxy groups -OCH3 is 1. The van der Waals surface area contributed by atoms with Crippen LogP contribution in [-0.2, 0) is 0 Å². The molecule has 140 valence electrons. The molecule has 0 atom stereocenters. The van der Waals surface area contributed by atoms with Crippen LogP contribution in [0.1, 0.15) is 10.4 Å². The molecule has 0 fully saturated rings. The van der Waals surface area contributed by atoms with Gasteiger partial charge >= 0.3 is 0 Å². The van der Waals surface area contributed by atoms with Crippen LogP contribution in [0.3, 0.4) is 0 Å². The van der Waals surface area contributed by atoms with Crippen LogP contribution in [0.5, 0.6) is 5.75 Å². The average molecular weight is 411 g/mol. The van der Waals surface area contributed by atoms with E-state index in [1.165, 1.54) is 0 Å². The van der Waals surface area contributed by atoms with Crippen molar-refractivity contribution in [2.75, 3.05) is 12.4 Å². The highest BCUT2D eigenvalue weighted by Gasteiger charge is 2.10. The number of nitrogens with zero attached hydrogens (tertiary/aromatic N) is 3. The Morgan fingerprint density at radius 1 is 1.14 bits per heavy atom. The lowest BCUT2D eigenvalue weighted by Crippen LogP contribution is -2.12. The van der Waals surface area contributed by atoms with Gasteiger partial charge in [-0.3, -0.25) is 9.20 Å². The quantitative estimate of drug-likeness (QED) is 0.512. The van der Waals surface area contributed by atoms with Gasteiger partial charge in [0.15, 0.2) is 5.65 Å². The predicted octanol–water partition coefficient (Wildman–Crippen LogP) is 4.79. The lowest BCUT2D eigenvalue weighted by atomic mass is 10.2. The first-order valence-electron chi connectivity index (χ1n) is 8.34. The number of halogens is 1. The lowest BCUT2D eigenvalue weighted by molar-refractivity contribution is 0.102. The van der Waals surface area contributed by atoms with E-state index in [0.717, 1.165) is 15.5 Å². The lowest BCUT2D eigenvalue weighted by Gasteiger charge is -2.09. The van der Waals surface area contributed by atoms with E-state index in [1.807, 2.05) is 36.4 Å². The maximum Gasteiger partial charge on any atom is 0.257 e. The molecule has 2 aromatic carbocycles. The highest BCUT2D eigenvalue weighted by atomic mass is 35.5. The van der Waals surface area contributed by atoms with Gasteiger partial charge in [-0.25, -0.2) is 0 Å². The second-order valence-electron chi connectivity index (χ2n) is 5.89. The summed E-state index contributed by atoms with van der Waals surface area (Å²) in [6, 6.07) is 16.6. The average Bonchev–Trinajstić information content (AvgIpc) is 3.18. The standard InChI is InChI=1S/C20H15ClN4O2S/c1-27-15-4-6-16(7-5-15)28-18-8-3-14(10-17(18)21)23-20(26)13-2-9-19-24-22-12-25(19)11-13/h2-12H,1H3,(H,23,26). The fourth-order valence-electron chi connectivity index (χ4n) is 2.60. The largest absolute Gasteiger partial charge is 0.497 e. The third-order valence-corrected chi connectivity index (χ3v) is 5.54. The fraction of sp³-hybridized carbons (Fsp3) is 0.0500. The number of amides is 1. The first-order chi connectivity index (χ1) is 13.6. The maximum atomic E-state index is 12.5. The number of carbonyl (C=O) groups excluding carboxylic acids is 1. The molecule has 0 saturated carbocycles. The van der Waals surface area contributed by atoms with Gasteiger partial charge in [0, 0.05) is 21.7 Å². The molecule has 1 amide bonds. The van der Waals surface area contributed by atoms with Crippen molar-refractivity contribution in [3.8, 4) is 5.75 Å². The number of rotatable bonds is 5. The van der Waals surface area contributed by atoms with Crippen molar-refractivity contribution in [2.24, 2.45) is 0 Å². The summed E-state index contributed by atoms with van der Waals surface area (Å²) in [5, 5.41) is 11.2. The molecule has 1 N–H and O–H groups in total. The second kappa shape index (κ2) is 7.92. The minimum Gasteiger partial charge on any atom is -0.497 e. The number of hydrogen-bond donors (Lipinski definition) is 1. The molecule has 0 aliphatic heterocycles. The number of fused-ring (bicyclic) bond motifs is 1. The SMILES string of the molecule is COc1ccc(Sc2ccc(NC(=O)c3ccc4nncn4c3)cc2Cl)cc1. The highest BCUT2D eigenvalue weighted by Crippen LogP contribution is 2.35. The number of aromatic nitrogens is 3. The van der Waals surface area contributed by atoms with Gasteiger partial charge < -0.3 is 10.1 Å². The molecule has 0 saturated heterocycles. The van der Waals surface area contributed by atoms with Crippen molar-refractivity contribution in [3.63, 3.8) is 0 Å². The number of ether oxygens (including phenoxy) is 1. The Kier molecular flexibility index (Phi) is 5.18. The molecule has 0 unspecified atom stereocenters. The minimum absolute atomic E-state index is 0.234. The first kappa shape index (κ1) is 18.3. The van der Waals surface area contributed by atoms with Crippen LogP contribution in [0.25, 0.3) is 5.65 Å². The highest BCUT2D eigenvalue weighted by molar-refractivity contribution is 7.99. The Morgan fingerprint density at radius 3 is 2.71 bits per heavy atom. The second-order valence-corrected chi connectivity index (χ2v) is 7.41. The van der Waals surface area contributed by atoms with Gasteiger partial charge in [-0.15, -0.1) is 10.2 Å². The van der Waals surface area contributed by atoms with E-state index in [1.54, 1.807) is 54.0 Å². The van der Waals surface area contributed by atoms with Crippen LogP contribution in [-0.4, -0.2) is 27.6 Å². The van der Waals surface area contributed by atoms with Crippen LogP contribution < -0.4 is 10.1 Å². The smallest absolute Gasteiger partial charge is 0.257 e. The van der Waals surface area contributed by atoms with Crippen molar-refractivity contribution < 1.29 is 9.53 Å². The van der Waals surface area contributed by atoms with Crippen molar-refractivity contribution >= 4 is 40.6 Å². The Labute approximate surface area is 170 Å². The van der Waals surface area contributed by atoms with E-state index in [4.69, 9.17) is 16.3 Å². The molecular formula is C20H15ClN4O2S. The minimum atomic E-state index is -0.234. The summed E-state index contributed by atoms with van der Waals surface area (Å²) in [6.45, 7) is 0.